The lowest BCUT2D eigenvalue weighted by atomic mass is 10.3. The van der Waals surface area contributed by atoms with Gasteiger partial charge in [0.05, 0.1) is 19.8 Å². The molecule has 2 rings (SSSR count). The fourth-order valence-electron chi connectivity index (χ4n) is 2.08. The van der Waals surface area contributed by atoms with Crippen LogP contribution in [0.2, 0.25) is 0 Å². The first-order valence-corrected chi connectivity index (χ1v) is 5.36. The van der Waals surface area contributed by atoms with Crippen molar-refractivity contribution in [3.05, 3.63) is 5.21 Å². The molecule has 0 aromatic heterocycles. The average Bonchev–Trinajstić information content (AvgIpc) is 2.19. The Kier molecular flexibility index (Phi) is 3.35. The summed E-state index contributed by atoms with van der Waals surface area (Å²) in [6.45, 7) is 6.29. The Bertz CT molecular complexity index is 177. The van der Waals surface area contributed by atoms with E-state index in [1.54, 1.807) is 0 Å². The first-order valence-electron chi connectivity index (χ1n) is 5.36. The molecule has 0 aliphatic carbocycles. The number of nitrogens with zero attached hydrogens (tertiary/aromatic N) is 2. The van der Waals surface area contributed by atoms with Crippen LogP contribution in [0.3, 0.4) is 0 Å². The Morgan fingerprint density at radius 3 is 2.79 bits per heavy atom. The van der Waals surface area contributed by atoms with Crippen molar-refractivity contribution < 1.29 is 9.38 Å². The predicted octanol–water partition coefficient (Wildman–Crippen LogP) is -0.458. The van der Waals surface area contributed by atoms with E-state index in [2.05, 4.69) is 10.2 Å². The van der Waals surface area contributed by atoms with E-state index in [-0.39, 0.29) is 4.65 Å². The fraction of sp³-hybridized carbons (Fsp3) is 1.00. The van der Waals surface area contributed by atoms with E-state index >= 15 is 0 Å². The fourth-order valence-corrected chi connectivity index (χ4v) is 2.08. The first kappa shape index (κ1) is 10.3. The maximum Gasteiger partial charge on any atom is 0.136 e. The second kappa shape index (κ2) is 4.55. The molecule has 5 nitrogen and oxygen atoms in total. The summed E-state index contributed by atoms with van der Waals surface area (Å²) < 4.78 is 5.16. The van der Waals surface area contributed by atoms with Gasteiger partial charge in [0.1, 0.15) is 13.3 Å². The SMILES string of the molecule is [O-][N+]1(CN2CCOCC2)CCCNC1. The highest BCUT2D eigenvalue weighted by Crippen LogP contribution is 2.11. The zero-order chi connectivity index (χ0) is 9.86. The van der Waals surface area contributed by atoms with Crippen molar-refractivity contribution in [3.63, 3.8) is 0 Å². The van der Waals surface area contributed by atoms with Gasteiger partial charge in [-0.3, -0.25) is 10.2 Å². The Morgan fingerprint density at radius 2 is 2.14 bits per heavy atom. The van der Waals surface area contributed by atoms with Crippen molar-refractivity contribution in [2.75, 3.05) is 52.7 Å². The van der Waals surface area contributed by atoms with Crippen LogP contribution in [0.15, 0.2) is 0 Å². The zero-order valence-electron chi connectivity index (χ0n) is 8.57. The van der Waals surface area contributed by atoms with Crippen LogP contribution in [0.25, 0.3) is 0 Å². The van der Waals surface area contributed by atoms with Crippen LogP contribution in [0.1, 0.15) is 6.42 Å². The maximum atomic E-state index is 12.2. The molecule has 0 amide bonds. The van der Waals surface area contributed by atoms with Crippen LogP contribution >= 0.6 is 0 Å². The first-order chi connectivity index (χ1) is 6.79. The van der Waals surface area contributed by atoms with E-state index in [0.717, 1.165) is 45.8 Å². The molecule has 5 heteroatoms. The number of hydrogen-bond acceptors (Lipinski definition) is 4. The summed E-state index contributed by atoms with van der Waals surface area (Å²) in [5, 5.41) is 15.3. The minimum Gasteiger partial charge on any atom is -0.631 e. The monoisotopic (exact) mass is 201 g/mol. The molecule has 0 radical (unpaired) electrons. The van der Waals surface area contributed by atoms with Gasteiger partial charge < -0.3 is 14.6 Å². The van der Waals surface area contributed by atoms with E-state index in [0.29, 0.717) is 13.3 Å². The van der Waals surface area contributed by atoms with Gasteiger partial charge in [-0.2, -0.15) is 0 Å². The number of quaternary nitrogens is 1. The lowest BCUT2D eigenvalue weighted by molar-refractivity contribution is -0.898. The third-order valence-electron chi connectivity index (χ3n) is 2.88. The standard InChI is InChI=1S/C9H19N3O2/c13-12(5-1-2-10-8-12)9-11-3-6-14-7-4-11/h10H,1-9H2. The van der Waals surface area contributed by atoms with Crippen molar-refractivity contribution in [3.8, 4) is 0 Å². The van der Waals surface area contributed by atoms with Gasteiger partial charge in [0.25, 0.3) is 0 Å². The number of hydroxylamine groups is 3. The minimum atomic E-state index is -0.0972. The Labute approximate surface area is 84.8 Å². The number of rotatable bonds is 2. The topological polar surface area (TPSA) is 47.6 Å². The Morgan fingerprint density at radius 1 is 1.36 bits per heavy atom. The lowest BCUT2D eigenvalue weighted by Crippen LogP contribution is -2.59. The summed E-state index contributed by atoms with van der Waals surface area (Å²) >= 11 is 0. The molecule has 2 saturated heterocycles. The number of morpholine rings is 1. The summed E-state index contributed by atoms with van der Waals surface area (Å²) in [6.07, 6.45) is 0.994. The molecule has 0 aromatic carbocycles. The van der Waals surface area contributed by atoms with Crippen molar-refractivity contribution in [2.45, 2.75) is 6.42 Å². The zero-order valence-corrected chi connectivity index (χ0v) is 8.57. The van der Waals surface area contributed by atoms with Crippen LogP contribution in [0, 0.1) is 5.21 Å². The Balaban J connectivity index is 1.81. The van der Waals surface area contributed by atoms with E-state index in [4.69, 9.17) is 4.74 Å². The van der Waals surface area contributed by atoms with E-state index in [1.165, 1.54) is 0 Å². The molecule has 0 spiro atoms. The molecule has 82 valence electrons. The molecular formula is C9H19N3O2. The van der Waals surface area contributed by atoms with Crippen molar-refractivity contribution in [1.82, 2.24) is 10.2 Å². The van der Waals surface area contributed by atoms with Gasteiger partial charge in [-0.15, -0.1) is 0 Å². The third-order valence-corrected chi connectivity index (χ3v) is 2.88. The van der Waals surface area contributed by atoms with E-state index < -0.39 is 0 Å². The largest absolute Gasteiger partial charge is 0.631 e. The number of hydrogen-bond donors (Lipinski definition) is 1. The quantitative estimate of drug-likeness (QED) is 0.485. The van der Waals surface area contributed by atoms with Gasteiger partial charge in [-0.05, 0) is 0 Å². The molecule has 14 heavy (non-hydrogen) atoms. The second-order valence-electron chi connectivity index (χ2n) is 4.17. The highest BCUT2D eigenvalue weighted by molar-refractivity contribution is 4.60. The van der Waals surface area contributed by atoms with Gasteiger partial charge in [-0.1, -0.05) is 0 Å². The summed E-state index contributed by atoms with van der Waals surface area (Å²) in [4.78, 5) is 2.21. The van der Waals surface area contributed by atoms with Crippen molar-refractivity contribution >= 4 is 0 Å². The van der Waals surface area contributed by atoms with Crippen molar-refractivity contribution in [2.24, 2.45) is 0 Å². The lowest BCUT2D eigenvalue weighted by Gasteiger charge is -2.48. The summed E-state index contributed by atoms with van der Waals surface area (Å²) in [5.41, 5.74) is 0. The van der Waals surface area contributed by atoms with Crippen LogP contribution in [0.5, 0.6) is 0 Å². The van der Waals surface area contributed by atoms with Crippen molar-refractivity contribution in [1.29, 1.82) is 0 Å². The van der Waals surface area contributed by atoms with Gasteiger partial charge in [0.2, 0.25) is 0 Å². The van der Waals surface area contributed by atoms with Crippen LogP contribution in [-0.4, -0.2) is 62.3 Å². The molecule has 0 saturated carbocycles. The van der Waals surface area contributed by atoms with Gasteiger partial charge >= 0.3 is 0 Å². The summed E-state index contributed by atoms with van der Waals surface area (Å²) in [6, 6.07) is 0. The van der Waals surface area contributed by atoms with Crippen LogP contribution < -0.4 is 5.32 Å². The summed E-state index contributed by atoms with van der Waals surface area (Å²) in [5.74, 6) is 0. The molecule has 2 aliphatic rings. The van der Waals surface area contributed by atoms with Gasteiger partial charge in [0.15, 0.2) is 0 Å². The molecular weight excluding hydrogens is 182 g/mol. The number of nitrogens with one attached hydrogen (secondary N) is 1. The second-order valence-corrected chi connectivity index (χ2v) is 4.17. The molecule has 2 aliphatic heterocycles. The van der Waals surface area contributed by atoms with E-state index in [9.17, 15) is 5.21 Å². The molecule has 1 atom stereocenters. The normalized spacial score (nSPS) is 35.8. The van der Waals surface area contributed by atoms with Crippen LogP contribution in [-0.2, 0) is 4.74 Å². The van der Waals surface area contributed by atoms with Crippen LogP contribution in [0.4, 0.5) is 0 Å². The Hall–Kier alpha value is -0.200. The summed E-state index contributed by atoms with van der Waals surface area (Å²) in [7, 11) is 0. The highest BCUT2D eigenvalue weighted by Gasteiger charge is 2.24. The molecule has 1 unspecified atom stereocenters. The van der Waals surface area contributed by atoms with E-state index in [1.807, 2.05) is 0 Å². The molecule has 0 aromatic rings. The third kappa shape index (κ3) is 2.65. The predicted molar refractivity (Wildman–Crippen MR) is 53.2 cm³/mol. The highest BCUT2D eigenvalue weighted by atomic mass is 16.6. The minimum absolute atomic E-state index is 0.0972. The number of ether oxygens (including phenoxy) is 1. The molecule has 2 fully saturated rings. The molecule has 2 heterocycles. The smallest absolute Gasteiger partial charge is 0.136 e. The molecule has 1 N–H and O–H groups in total. The molecule has 0 bridgehead atoms. The maximum absolute atomic E-state index is 12.2. The van der Waals surface area contributed by atoms with Gasteiger partial charge in [0, 0.05) is 26.1 Å². The average molecular weight is 201 g/mol. The van der Waals surface area contributed by atoms with Gasteiger partial charge in [-0.25, -0.2) is 0 Å².